The highest BCUT2D eigenvalue weighted by Crippen LogP contribution is 2.22. The molecule has 17 heavy (non-hydrogen) atoms. The zero-order chi connectivity index (χ0) is 12.9. The zero-order valence-electron chi connectivity index (χ0n) is 11.7. The second-order valence-electron chi connectivity index (χ2n) is 5.33. The molecule has 0 aromatic heterocycles. The molecule has 0 aliphatic carbocycles. The van der Waals surface area contributed by atoms with Crippen LogP contribution in [0.1, 0.15) is 33.1 Å². The predicted molar refractivity (Wildman–Crippen MR) is 69.0 cm³/mol. The summed E-state index contributed by atoms with van der Waals surface area (Å²) in [5.74, 6) is 0.237. The molecule has 4 heteroatoms. The van der Waals surface area contributed by atoms with Crippen LogP contribution in [0, 0.1) is 0 Å². The summed E-state index contributed by atoms with van der Waals surface area (Å²) in [6, 6.07) is 0. The number of hydrogen-bond donors (Lipinski definition) is 0. The highest BCUT2D eigenvalue weighted by atomic mass is 16.5. The summed E-state index contributed by atoms with van der Waals surface area (Å²) in [5, 5.41) is 0. The minimum atomic E-state index is -0.339. The Kier molecular flexibility index (Phi) is 5.40. The molecule has 0 atom stereocenters. The molecular formula is C13H26N2O2. The van der Waals surface area contributed by atoms with Crippen molar-refractivity contribution in [2.24, 2.45) is 0 Å². The average Bonchev–Trinajstić information content (AvgIpc) is 2.29. The number of carbonyl (C=O) groups is 1. The summed E-state index contributed by atoms with van der Waals surface area (Å²) in [6.45, 7) is 7.74. The van der Waals surface area contributed by atoms with Crippen LogP contribution in [0.3, 0.4) is 0 Å². The molecule has 0 aromatic rings. The summed E-state index contributed by atoms with van der Waals surface area (Å²) in [4.78, 5) is 16.2. The first-order chi connectivity index (χ1) is 8.00. The van der Waals surface area contributed by atoms with Crippen molar-refractivity contribution in [3.8, 4) is 0 Å². The molecule has 0 bridgehead atoms. The topological polar surface area (TPSA) is 32.8 Å². The number of rotatable bonds is 6. The Bertz CT molecular complexity index is 254. The van der Waals surface area contributed by atoms with Gasteiger partial charge in [0.2, 0.25) is 5.91 Å². The third-order valence-corrected chi connectivity index (χ3v) is 3.64. The molecule has 100 valence electrons. The van der Waals surface area contributed by atoms with Crippen LogP contribution in [0.25, 0.3) is 0 Å². The van der Waals surface area contributed by atoms with Crippen molar-refractivity contribution in [1.29, 1.82) is 0 Å². The number of hydrogen-bond acceptors (Lipinski definition) is 3. The Balaban J connectivity index is 2.35. The van der Waals surface area contributed by atoms with Crippen LogP contribution < -0.4 is 0 Å². The van der Waals surface area contributed by atoms with E-state index in [-0.39, 0.29) is 11.4 Å². The summed E-state index contributed by atoms with van der Waals surface area (Å²) in [5.41, 5.74) is -0.339. The Hall–Kier alpha value is -0.610. The Morgan fingerprint density at radius 3 is 2.59 bits per heavy atom. The molecule has 4 nitrogen and oxygen atoms in total. The third kappa shape index (κ3) is 3.68. The van der Waals surface area contributed by atoms with Crippen LogP contribution in [-0.2, 0) is 9.53 Å². The van der Waals surface area contributed by atoms with Gasteiger partial charge in [-0.05, 0) is 39.7 Å². The first-order valence-electron chi connectivity index (χ1n) is 6.49. The van der Waals surface area contributed by atoms with Crippen LogP contribution in [0.4, 0.5) is 0 Å². The smallest absolute Gasteiger partial charge is 0.242 e. The molecule has 0 unspecified atom stereocenters. The Morgan fingerprint density at radius 2 is 1.94 bits per heavy atom. The number of ether oxygens (including phenoxy) is 1. The molecule has 0 aromatic carbocycles. The van der Waals surface area contributed by atoms with Crippen molar-refractivity contribution < 1.29 is 9.53 Å². The predicted octanol–water partition coefficient (Wildman–Crippen LogP) is 1.36. The molecule has 0 saturated carbocycles. The summed E-state index contributed by atoms with van der Waals surface area (Å²) in [6.07, 6.45) is 3.42. The van der Waals surface area contributed by atoms with Crippen LogP contribution in [0.15, 0.2) is 0 Å². The number of unbranched alkanes of at least 4 members (excludes halogenated alkanes) is 2. The van der Waals surface area contributed by atoms with Gasteiger partial charge in [-0.25, -0.2) is 0 Å². The number of amides is 1. The van der Waals surface area contributed by atoms with E-state index in [2.05, 4.69) is 4.90 Å². The molecule has 0 spiro atoms. The van der Waals surface area contributed by atoms with Gasteiger partial charge in [0.15, 0.2) is 0 Å². The maximum atomic E-state index is 12.1. The van der Waals surface area contributed by atoms with Crippen molar-refractivity contribution in [2.75, 3.05) is 40.4 Å². The van der Waals surface area contributed by atoms with Crippen LogP contribution in [-0.4, -0.2) is 61.6 Å². The number of methoxy groups -OCH3 is 1. The zero-order valence-corrected chi connectivity index (χ0v) is 11.7. The largest absolute Gasteiger partial charge is 0.385 e. The average molecular weight is 242 g/mol. The lowest BCUT2D eigenvalue weighted by molar-refractivity contribution is -0.147. The van der Waals surface area contributed by atoms with Gasteiger partial charge in [-0.3, -0.25) is 9.69 Å². The van der Waals surface area contributed by atoms with Gasteiger partial charge < -0.3 is 9.64 Å². The Morgan fingerprint density at radius 1 is 1.24 bits per heavy atom. The summed E-state index contributed by atoms with van der Waals surface area (Å²) >= 11 is 0. The fourth-order valence-corrected chi connectivity index (χ4v) is 2.37. The van der Waals surface area contributed by atoms with Gasteiger partial charge >= 0.3 is 0 Å². The molecule has 1 aliphatic rings. The molecule has 0 N–H and O–H groups in total. The van der Waals surface area contributed by atoms with Crippen molar-refractivity contribution in [2.45, 2.75) is 38.6 Å². The highest BCUT2D eigenvalue weighted by Gasteiger charge is 2.39. The fraction of sp³-hybridized carbons (Fsp3) is 0.923. The maximum Gasteiger partial charge on any atom is 0.242 e. The van der Waals surface area contributed by atoms with Gasteiger partial charge in [-0.2, -0.15) is 0 Å². The van der Waals surface area contributed by atoms with E-state index in [1.54, 1.807) is 7.11 Å². The molecule has 0 radical (unpaired) electrons. The summed E-state index contributed by atoms with van der Waals surface area (Å²) < 4.78 is 5.03. The molecule has 1 rings (SSSR count). The van der Waals surface area contributed by atoms with Gasteiger partial charge in [-0.1, -0.05) is 0 Å². The van der Waals surface area contributed by atoms with E-state index in [9.17, 15) is 4.79 Å². The van der Waals surface area contributed by atoms with E-state index in [4.69, 9.17) is 4.74 Å². The monoisotopic (exact) mass is 242 g/mol. The van der Waals surface area contributed by atoms with E-state index in [1.165, 1.54) is 6.42 Å². The van der Waals surface area contributed by atoms with Crippen LogP contribution in [0.2, 0.25) is 0 Å². The lowest BCUT2D eigenvalue weighted by atomic mass is 9.97. The second-order valence-corrected chi connectivity index (χ2v) is 5.33. The SMILES string of the molecule is COCCCCCN1CCN(C)C(=O)C1(C)C. The molecule has 1 heterocycles. The first kappa shape index (κ1) is 14.5. The quantitative estimate of drug-likeness (QED) is 0.659. The van der Waals surface area contributed by atoms with E-state index in [0.29, 0.717) is 0 Å². The minimum absolute atomic E-state index is 0.237. The second kappa shape index (κ2) is 6.36. The molecule has 1 fully saturated rings. The van der Waals surface area contributed by atoms with Crippen molar-refractivity contribution in [1.82, 2.24) is 9.80 Å². The normalized spacial score (nSPS) is 20.9. The standard InChI is InChI=1S/C13H26N2O2/c1-13(2)12(16)14(3)9-10-15(13)8-6-5-7-11-17-4/h5-11H2,1-4H3. The maximum absolute atomic E-state index is 12.1. The van der Waals surface area contributed by atoms with Gasteiger partial charge in [-0.15, -0.1) is 0 Å². The van der Waals surface area contributed by atoms with Crippen molar-refractivity contribution >= 4 is 5.91 Å². The number of piperazine rings is 1. The number of carbonyl (C=O) groups excluding carboxylic acids is 1. The third-order valence-electron chi connectivity index (χ3n) is 3.64. The van der Waals surface area contributed by atoms with E-state index < -0.39 is 0 Å². The van der Waals surface area contributed by atoms with E-state index in [0.717, 1.165) is 39.1 Å². The number of nitrogens with zero attached hydrogens (tertiary/aromatic N) is 2. The van der Waals surface area contributed by atoms with Crippen LogP contribution >= 0.6 is 0 Å². The molecular weight excluding hydrogens is 216 g/mol. The van der Waals surface area contributed by atoms with Crippen LogP contribution in [0.5, 0.6) is 0 Å². The minimum Gasteiger partial charge on any atom is -0.385 e. The van der Waals surface area contributed by atoms with E-state index >= 15 is 0 Å². The van der Waals surface area contributed by atoms with Gasteiger partial charge in [0.1, 0.15) is 0 Å². The first-order valence-corrected chi connectivity index (χ1v) is 6.49. The molecule has 1 aliphatic heterocycles. The highest BCUT2D eigenvalue weighted by molar-refractivity contribution is 5.86. The van der Waals surface area contributed by atoms with E-state index in [1.807, 2.05) is 25.8 Å². The Labute approximate surface area is 105 Å². The molecule has 1 amide bonds. The number of likely N-dealkylation sites (N-methyl/N-ethyl adjacent to an activating group) is 1. The fourth-order valence-electron chi connectivity index (χ4n) is 2.37. The molecule has 1 saturated heterocycles. The van der Waals surface area contributed by atoms with Gasteiger partial charge in [0, 0.05) is 33.9 Å². The van der Waals surface area contributed by atoms with Crippen molar-refractivity contribution in [3.05, 3.63) is 0 Å². The summed E-state index contributed by atoms with van der Waals surface area (Å²) in [7, 11) is 3.63. The van der Waals surface area contributed by atoms with Crippen molar-refractivity contribution in [3.63, 3.8) is 0 Å². The van der Waals surface area contributed by atoms with Gasteiger partial charge in [0.05, 0.1) is 5.54 Å². The lowest BCUT2D eigenvalue weighted by Crippen LogP contribution is -2.62. The van der Waals surface area contributed by atoms with Gasteiger partial charge in [0.25, 0.3) is 0 Å². The lowest BCUT2D eigenvalue weighted by Gasteiger charge is -2.44.